The van der Waals surface area contributed by atoms with Gasteiger partial charge in [-0.25, -0.2) is 0 Å². The van der Waals surface area contributed by atoms with E-state index in [2.05, 4.69) is 37.9 Å². The lowest BCUT2D eigenvalue weighted by Gasteiger charge is -2.22. The highest BCUT2D eigenvalue weighted by atomic mass is 14.9. The van der Waals surface area contributed by atoms with Gasteiger partial charge in [0.1, 0.15) is 0 Å². The molecule has 0 aromatic rings. The average Bonchev–Trinajstić information content (AvgIpc) is 1.89. The third kappa shape index (κ3) is 4.40. The maximum Gasteiger partial charge on any atom is 0.0580 e. The molecule has 1 nitrogen and oxygen atoms in total. The molecule has 0 unspecified atom stereocenters. The first kappa shape index (κ1) is 9.52. The smallest absolute Gasteiger partial charge is 0.0580 e. The Balaban J connectivity index is 3.53. The Hall–Kier alpha value is -0.480. The fourth-order valence-corrected chi connectivity index (χ4v) is 0.497. The quantitative estimate of drug-likeness (QED) is 0.588. The molecular formula is C9H17N. The molecular weight excluding hydrogens is 122 g/mol. The van der Waals surface area contributed by atoms with Crippen LogP contribution in [-0.4, -0.2) is 12.1 Å². The van der Waals surface area contributed by atoms with Gasteiger partial charge in [0.2, 0.25) is 0 Å². The number of nitrogens with one attached hydrogen (secondary N) is 1. The van der Waals surface area contributed by atoms with Gasteiger partial charge in [0.15, 0.2) is 0 Å². The van der Waals surface area contributed by atoms with Crippen LogP contribution in [0.5, 0.6) is 0 Å². The Morgan fingerprint density at radius 3 is 2.40 bits per heavy atom. The SMILES string of the molecule is CC#CCNC(C)(C)CC. The monoisotopic (exact) mass is 139 g/mol. The summed E-state index contributed by atoms with van der Waals surface area (Å²) >= 11 is 0. The number of hydrogen-bond acceptors (Lipinski definition) is 1. The molecule has 1 heteroatoms. The molecule has 0 atom stereocenters. The van der Waals surface area contributed by atoms with E-state index in [-0.39, 0.29) is 5.54 Å². The third-order valence-electron chi connectivity index (χ3n) is 1.72. The second-order valence-electron chi connectivity index (χ2n) is 3.02. The van der Waals surface area contributed by atoms with Crippen molar-refractivity contribution in [1.82, 2.24) is 5.32 Å². The number of rotatable bonds is 3. The lowest BCUT2D eigenvalue weighted by Crippen LogP contribution is -2.38. The van der Waals surface area contributed by atoms with Crippen LogP contribution in [0.4, 0.5) is 0 Å². The van der Waals surface area contributed by atoms with Crippen LogP contribution in [0.15, 0.2) is 0 Å². The van der Waals surface area contributed by atoms with Gasteiger partial charge in [0, 0.05) is 5.54 Å². The lowest BCUT2D eigenvalue weighted by atomic mass is 10.0. The summed E-state index contributed by atoms with van der Waals surface area (Å²) in [4.78, 5) is 0. The van der Waals surface area contributed by atoms with Crippen LogP contribution in [0.3, 0.4) is 0 Å². The summed E-state index contributed by atoms with van der Waals surface area (Å²) in [6, 6.07) is 0. The minimum Gasteiger partial charge on any atom is -0.301 e. The van der Waals surface area contributed by atoms with Crippen LogP contribution in [0, 0.1) is 11.8 Å². The van der Waals surface area contributed by atoms with Crippen LogP contribution in [0.2, 0.25) is 0 Å². The highest BCUT2D eigenvalue weighted by Gasteiger charge is 2.11. The second-order valence-corrected chi connectivity index (χ2v) is 3.02. The van der Waals surface area contributed by atoms with E-state index in [1.807, 2.05) is 6.92 Å². The summed E-state index contributed by atoms with van der Waals surface area (Å²) in [6.07, 6.45) is 1.14. The van der Waals surface area contributed by atoms with Gasteiger partial charge in [-0.1, -0.05) is 12.8 Å². The van der Waals surface area contributed by atoms with E-state index in [0.29, 0.717) is 0 Å². The van der Waals surface area contributed by atoms with Crippen molar-refractivity contribution in [2.45, 2.75) is 39.7 Å². The van der Waals surface area contributed by atoms with Crippen molar-refractivity contribution in [3.05, 3.63) is 0 Å². The zero-order valence-electron chi connectivity index (χ0n) is 7.41. The normalized spacial score (nSPS) is 10.4. The van der Waals surface area contributed by atoms with Gasteiger partial charge in [0.25, 0.3) is 0 Å². The van der Waals surface area contributed by atoms with Gasteiger partial charge in [-0.3, -0.25) is 0 Å². The lowest BCUT2D eigenvalue weighted by molar-refractivity contribution is 0.397. The standard InChI is InChI=1S/C9H17N/c1-5-7-8-10-9(3,4)6-2/h10H,6,8H2,1-4H3. The maximum absolute atomic E-state index is 3.34. The van der Waals surface area contributed by atoms with Crippen molar-refractivity contribution >= 4 is 0 Å². The van der Waals surface area contributed by atoms with Crippen molar-refractivity contribution in [2.75, 3.05) is 6.54 Å². The summed E-state index contributed by atoms with van der Waals surface area (Å²) in [7, 11) is 0. The summed E-state index contributed by atoms with van der Waals surface area (Å²) < 4.78 is 0. The average molecular weight is 139 g/mol. The van der Waals surface area contributed by atoms with Gasteiger partial charge >= 0.3 is 0 Å². The molecule has 0 bridgehead atoms. The molecule has 1 N–H and O–H groups in total. The molecule has 0 amide bonds. The topological polar surface area (TPSA) is 12.0 Å². The zero-order chi connectivity index (χ0) is 8.04. The van der Waals surface area contributed by atoms with Crippen molar-refractivity contribution in [2.24, 2.45) is 0 Å². The third-order valence-corrected chi connectivity index (χ3v) is 1.72. The predicted molar refractivity (Wildman–Crippen MR) is 45.8 cm³/mol. The molecule has 0 saturated carbocycles. The molecule has 0 saturated heterocycles. The summed E-state index contributed by atoms with van der Waals surface area (Å²) in [5.74, 6) is 5.83. The predicted octanol–water partition coefficient (Wildman–Crippen LogP) is 1.79. The van der Waals surface area contributed by atoms with Gasteiger partial charge in [-0.15, -0.1) is 5.92 Å². The molecule has 0 fully saturated rings. The molecule has 0 radical (unpaired) electrons. The number of hydrogen-bond donors (Lipinski definition) is 1. The van der Waals surface area contributed by atoms with E-state index < -0.39 is 0 Å². The molecule has 0 aliphatic carbocycles. The van der Waals surface area contributed by atoms with Gasteiger partial charge < -0.3 is 5.32 Å². The minimum absolute atomic E-state index is 0.240. The van der Waals surface area contributed by atoms with Crippen molar-refractivity contribution in [1.29, 1.82) is 0 Å². The largest absolute Gasteiger partial charge is 0.301 e. The molecule has 0 spiro atoms. The van der Waals surface area contributed by atoms with E-state index in [9.17, 15) is 0 Å². The van der Waals surface area contributed by atoms with Crippen LogP contribution in [-0.2, 0) is 0 Å². The second kappa shape index (κ2) is 4.35. The van der Waals surface area contributed by atoms with Crippen molar-refractivity contribution in [3.63, 3.8) is 0 Å². The van der Waals surface area contributed by atoms with Crippen LogP contribution in [0.25, 0.3) is 0 Å². The highest BCUT2D eigenvalue weighted by molar-refractivity contribution is 4.98. The molecule has 0 rings (SSSR count). The molecule has 0 aromatic carbocycles. The van der Waals surface area contributed by atoms with Crippen molar-refractivity contribution in [3.8, 4) is 11.8 Å². The van der Waals surface area contributed by atoms with E-state index in [1.54, 1.807) is 0 Å². The van der Waals surface area contributed by atoms with E-state index in [0.717, 1.165) is 13.0 Å². The molecule has 10 heavy (non-hydrogen) atoms. The first-order chi connectivity index (χ1) is 4.62. The Morgan fingerprint density at radius 1 is 1.40 bits per heavy atom. The van der Waals surface area contributed by atoms with Crippen LogP contribution >= 0.6 is 0 Å². The highest BCUT2D eigenvalue weighted by Crippen LogP contribution is 2.05. The van der Waals surface area contributed by atoms with E-state index >= 15 is 0 Å². The summed E-state index contributed by atoms with van der Waals surface area (Å²) in [5, 5.41) is 3.34. The van der Waals surface area contributed by atoms with Gasteiger partial charge in [-0.2, -0.15) is 0 Å². The van der Waals surface area contributed by atoms with Crippen molar-refractivity contribution < 1.29 is 0 Å². The summed E-state index contributed by atoms with van der Waals surface area (Å²) in [5.41, 5.74) is 0.240. The molecule has 0 aliphatic rings. The van der Waals surface area contributed by atoms with Crippen LogP contribution in [0.1, 0.15) is 34.1 Å². The molecule has 0 aromatic heterocycles. The first-order valence-corrected chi connectivity index (χ1v) is 3.77. The summed E-state index contributed by atoms with van der Waals surface area (Å²) in [6.45, 7) is 9.21. The first-order valence-electron chi connectivity index (χ1n) is 3.77. The van der Waals surface area contributed by atoms with Crippen LogP contribution < -0.4 is 5.32 Å². The minimum atomic E-state index is 0.240. The van der Waals surface area contributed by atoms with Gasteiger partial charge in [0.05, 0.1) is 6.54 Å². The zero-order valence-corrected chi connectivity index (χ0v) is 7.41. The molecule has 58 valence electrons. The maximum atomic E-state index is 3.34. The fraction of sp³-hybridized carbons (Fsp3) is 0.778. The Bertz CT molecular complexity index is 137. The Morgan fingerprint density at radius 2 is 2.00 bits per heavy atom. The molecule has 0 aliphatic heterocycles. The van der Waals surface area contributed by atoms with E-state index in [4.69, 9.17) is 0 Å². The Kier molecular flexibility index (Phi) is 4.14. The van der Waals surface area contributed by atoms with Gasteiger partial charge in [-0.05, 0) is 27.2 Å². The fourth-order valence-electron chi connectivity index (χ4n) is 0.497. The Labute approximate surface area is 64.2 Å². The molecule has 0 heterocycles. The van der Waals surface area contributed by atoms with E-state index in [1.165, 1.54) is 0 Å².